The second-order valence-electron chi connectivity index (χ2n) is 7.07. The minimum Gasteiger partial charge on any atom is -0.496 e. The van der Waals surface area contributed by atoms with E-state index in [1.54, 1.807) is 36.5 Å². The van der Waals surface area contributed by atoms with Gasteiger partial charge in [0.1, 0.15) is 23.1 Å². The summed E-state index contributed by atoms with van der Waals surface area (Å²) in [6.45, 7) is 0. The number of nitrogens with two attached hydrogens (primary N) is 1. The number of aromatic nitrogens is 1. The van der Waals surface area contributed by atoms with E-state index in [1.165, 1.54) is 37.4 Å². The van der Waals surface area contributed by atoms with Crippen LogP contribution in [-0.4, -0.2) is 24.0 Å². The standard InChI is InChI=1S/C24H18ClFN4O4/c1-33-22-12-20-16(11-17(22)23(27)31)21(8-9-28-20)34-15-6-7-19(18(25)10-15)30-24(32)29-14-4-2-13(26)3-5-14/h2-12H,1H3,(H2,27,31)(H2,29,30,32). The maximum atomic E-state index is 13.0. The number of carbonyl (C=O) groups is 2. The van der Waals surface area contributed by atoms with Gasteiger partial charge in [0.15, 0.2) is 0 Å². The summed E-state index contributed by atoms with van der Waals surface area (Å²) in [5.74, 6) is 0.0592. The van der Waals surface area contributed by atoms with Gasteiger partial charge in [0.2, 0.25) is 0 Å². The van der Waals surface area contributed by atoms with Gasteiger partial charge in [0.05, 0.1) is 28.9 Å². The second kappa shape index (κ2) is 9.63. The van der Waals surface area contributed by atoms with Crippen molar-refractivity contribution in [1.29, 1.82) is 0 Å². The molecule has 0 bridgehead atoms. The first kappa shape index (κ1) is 22.8. The van der Waals surface area contributed by atoms with E-state index in [2.05, 4.69) is 15.6 Å². The molecule has 0 unspecified atom stereocenters. The molecule has 0 atom stereocenters. The molecule has 0 aliphatic carbocycles. The molecule has 172 valence electrons. The molecule has 4 N–H and O–H groups in total. The molecule has 0 saturated heterocycles. The van der Waals surface area contributed by atoms with Crippen molar-refractivity contribution < 1.29 is 23.5 Å². The van der Waals surface area contributed by atoms with Crippen LogP contribution in [0.1, 0.15) is 10.4 Å². The van der Waals surface area contributed by atoms with Crippen LogP contribution in [0.2, 0.25) is 5.02 Å². The smallest absolute Gasteiger partial charge is 0.323 e. The number of hydrogen-bond donors (Lipinski definition) is 3. The third kappa shape index (κ3) is 5.00. The Morgan fingerprint density at radius 3 is 2.44 bits per heavy atom. The van der Waals surface area contributed by atoms with Crippen molar-refractivity contribution in [1.82, 2.24) is 4.98 Å². The third-order valence-corrected chi connectivity index (χ3v) is 5.12. The monoisotopic (exact) mass is 480 g/mol. The molecular formula is C24H18ClFN4O4. The number of pyridine rings is 1. The zero-order valence-electron chi connectivity index (χ0n) is 17.8. The molecule has 0 fully saturated rings. The van der Waals surface area contributed by atoms with Gasteiger partial charge in [-0.05, 0) is 48.5 Å². The van der Waals surface area contributed by atoms with E-state index in [-0.39, 0.29) is 10.6 Å². The number of hydrogen-bond acceptors (Lipinski definition) is 5. The minimum atomic E-state index is -0.647. The van der Waals surface area contributed by atoms with E-state index in [1.807, 2.05) is 0 Å². The van der Waals surface area contributed by atoms with Crippen LogP contribution in [0.4, 0.5) is 20.6 Å². The van der Waals surface area contributed by atoms with Crippen LogP contribution < -0.4 is 25.8 Å². The molecule has 34 heavy (non-hydrogen) atoms. The molecule has 0 radical (unpaired) electrons. The summed E-state index contributed by atoms with van der Waals surface area (Å²) in [7, 11) is 1.44. The molecule has 0 aliphatic rings. The molecule has 1 heterocycles. The zero-order chi connectivity index (χ0) is 24.2. The molecule has 3 aromatic carbocycles. The molecule has 10 heteroatoms. The van der Waals surface area contributed by atoms with Crippen molar-refractivity contribution in [2.75, 3.05) is 17.7 Å². The topological polar surface area (TPSA) is 116 Å². The van der Waals surface area contributed by atoms with Gasteiger partial charge in [-0.2, -0.15) is 0 Å². The largest absolute Gasteiger partial charge is 0.496 e. The van der Waals surface area contributed by atoms with Crippen LogP contribution in [-0.2, 0) is 0 Å². The fourth-order valence-corrected chi connectivity index (χ4v) is 3.42. The normalized spacial score (nSPS) is 10.6. The van der Waals surface area contributed by atoms with Crippen LogP contribution in [0.3, 0.4) is 0 Å². The summed E-state index contributed by atoms with van der Waals surface area (Å²) in [5.41, 5.74) is 6.96. The number of methoxy groups -OCH3 is 1. The molecule has 0 saturated carbocycles. The van der Waals surface area contributed by atoms with Crippen molar-refractivity contribution in [3.05, 3.63) is 83.3 Å². The molecule has 4 rings (SSSR count). The third-order valence-electron chi connectivity index (χ3n) is 4.81. The lowest BCUT2D eigenvalue weighted by molar-refractivity contribution is 0.0997. The first-order valence-electron chi connectivity index (χ1n) is 9.91. The maximum absolute atomic E-state index is 13.0. The van der Waals surface area contributed by atoms with Crippen molar-refractivity contribution in [2.45, 2.75) is 0 Å². The summed E-state index contributed by atoms with van der Waals surface area (Å²) in [6, 6.07) is 14.3. The van der Waals surface area contributed by atoms with Crippen LogP contribution in [0.15, 0.2) is 66.9 Å². The van der Waals surface area contributed by atoms with Crippen molar-refractivity contribution in [2.24, 2.45) is 5.73 Å². The Labute approximate surface area is 198 Å². The fourth-order valence-electron chi connectivity index (χ4n) is 3.20. The SMILES string of the molecule is COc1cc2nccc(Oc3ccc(NC(=O)Nc4ccc(F)cc4)c(Cl)c3)c2cc1C(N)=O. The Morgan fingerprint density at radius 1 is 1.00 bits per heavy atom. The number of nitrogens with one attached hydrogen (secondary N) is 2. The summed E-state index contributed by atoms with van der Waals surface area (Å²) in [4.78, 5) is 28.3. The van der Waals surface area contributed by atoms with Crippen LogP contribution >= 0.6 is 11.6 Å². The number of benzene rings is 3. The van der Waals surface area contributed by atoms with E-state index in [9.17, 15) is 14.0 Å². The van der Waals surface area contributed by atoms with E-state index >= 15 is 0 Å². The number of primary amides is 1. The number of carbonyl (C=O) groups excluding carboxylic acids is 2. The van der Waals surface area contributed by atoms with Crippen molar-refractivity contribution >= 4 is 45.8 Å². The average Bonchev–Trinajstić information content (AvgIpc) is 2.81. The highest BCUT2D eigenvalue weighted by Gasteiger charge is 2.15. The number of nitrogens with zero attached hydrogens (tertiary/aromatic N) is 1. The molecule has 0 aliphatic heterocycles. The van der Waals surface area contributed by atoms with Crippen LogP contribution in [0, 0.1) is 5.82 Å². The van der Waals surface area contributed by atoms with Gasteiger partial charge in [0, 0.05) is 29.4 Å². The Morgan fingerprint density at radius 2 is 1.76 bits per heavy atom. The van der Waals surface area contributed by atoms with Crippen molar-refractivity contribution in [3.63, 3.8) is 0 Å². The van der Waals surface area contributed by atoms with Gasteiger partial charge in [-0.25, -0.2) is 9.18 Å². The number of fused-ring (bicyclic) bond motifs is 1. The number of ether oxygens (including phenoxy) is 2. The Bertz CT molecular complexity index is 1400. The highest BCUT2D eigenvalue weighted by atomic mass is 35.5. The lowest BCUT2D eigenvalue weighted by Gasteiger charge is -2.13. The first-order chi connectivity index (χ1) is 16.3. The first-order valence-corrected chi connectivity index (χ1v) is 10.3. The lowest BCUT2D eigenvalue weighted by Crippen LogP contribution is -2.19. The number of rotatable bonds is 6. The number of anilines is 2. The van der Waals surface area contributed by atoms with E-state index in [0.717, 1.165) is 0 Å². The molecule has 1 aromatic heterocycles. The van der Waals surface area contributed by atoms with Gasteiger partial charge in [-0.15, -0.1) is 0 Å². The highest BCUT2D eigenvalue weighted by Crippen LogP contribution is 2.35. The summed E-state index contributed by atoms with van der Waals surface area (Å²) in [5, 5.41) is 5.98. The highest BCUT2D eigenvalue weighted by molar-refractivity contribution is 6.34. The van der Waals surface area contributed by atoms with Crippen molar-refractivity contribution in [3.8, 4) is 17.2 Å². The van der Waals surface area contributed by atoms with Crippen LogP contribution in [0.5, 0.6) is 17.2 Å². The quantitative estimate of drug-likeness (QED) is 0.333. The molecule has 3 amide bonds. The van der Waals surface area contributed by atoms with E-state index in [4.69, 9.17) is 26.8 Å². The second-order valence-corrected chi connectivity index (χ2v) is 7.48. The van der Waals surface area contributed by atoms with E-state index in [0.29, 0.717) is 39.5 Å². The van der Waals surface area contributed by atoms with Crippen LogP contribution in [0.25, 0.3) is 10.9 Å². The number of amides is 3. The fraction of sp³-hybridized carbons (Fsp3) is 0.0417. The molecular weight excluding hydrogens is 463 g/mol. The van der Waals surface area contributed by atoms with Gasteiger partial charge >= 0.3 is 6.03 Å². The molecule has 0 spiro atoms. The average molecular weight is 481 g/mol. The van der Waals surface area contributed by atoms with Gasteiger partial charge in [-0.3, -0.25) is 9.78 Å². The van der Waals surface area contributed by atoms with Gasteiger partial charge in [0.25, 0.3) is 5.91 Å². The lowest BCUT2D eigenvalue weighted by atomic mass is 10.1. The van der Waals surface area contributed by atoms with E-state index < -0.39 is 17.8 Å². The number of halogens is 2. The number of urea groups is 1. The summed E-state index contributed by atoms with van der Waals surface area (Å²) >= 11 is 6.33. The molecule has 4 aromatic rings. The Balaban J connectivity index is 1.54. The molecule has 8 nitrogen and oxygen atoms in total. The Hall–Kier alpha value is -4.37. The Kier molecular flexibility index (Phi) is 6.46. The van der Waals surface area contributed by atoms with Gasteiger partial charge < -0.3 is 25.8 Å². The summed E-state index contributed by atoms with van der Waals surface area (Å²) < 4.78 is 24.2. The predicted octanol–water partition coefficient (Wildman–Crippen LogP) is 5.57. The maximum Gasteiger partial charge on any atom is 0.323 e. The zero-order valence-corrected chi connectivity index (χ0v) is 18.5. The minimum absolute atomic E-state index is 0.192. The van der Waals surface area contributed by atoms with Gasteiger partial charge in [-0.1, -0.05) is 11.6 Å². The predicted molar refractivity (Wildman–Crippen MR) is 127 cm³/mol. The summed E-state index contributed by atoms with van der Waals surface area (Å²) in [6.07, 6.45) is 1.55.